The Kier molecular flexibility index (Phi) is 13.3. The molecule has 0 unspecified atom stereocenters. The van der Waals surface area contributed by atoms with Gasteiger partial charge in [-0.3, -0.25) is 0 Å². The van der Waals surface area contributed by atoms with Gasteiger partial charge in [-0.2, -0.15) is 0 Å². The van der Waals surface area contributed by atoms with E-state index in [1.807, 2.05) is 6.08 Å². The number of hydrogen-bond acceptors (Lipinski definition) is 1. The molecule has 0 heterocycles. The van der Waals surface area contributed by atoms with Gasteiger partial charge in [-0.05, 0) is 70.3 Å². The molecular weight excluding hydrogens is 433 g/mol. The van der Waals surface area contributed by atoms with E-state index in [4.69, 9.17) is 4.74 Å². The highest BCUT2D eigenvalue weighted by Gasteiger charge is 2.04. The molecule has 0 aromatic heterocycles. The minimum Gasteiger partial charge on any atom is -0.372 e. The van der Waals surface area contributed by atoms with Gasteiger partial charge in [-0.1, -0.05) is 25.3 Å². The predicted molar refractivity (Wildman–Crippen MR) is 88.3 cm³/mol. The number of unbranched alkanes of at least 4 members (excludes halogenated alkanes) is 4. The molecule has 4 heteroatoms. The second kappa shape index (κ2) is 12.1. The van der Waals surface area contributed by atoms with Crippen LogP contribution in [0.4, 0.5) is 0 Å². The maximum absolute atomic E-state index is 5.73. The first-order valence-electron chi connectivity index (χ1n) is 5.48. The zero-order valence-corrected chi connectivity index (χ0v) is 14.6. The molecule has 1 atom stereocenters. The number of allylic oxidation sites excluding steroid dienone is 1. The minimum absolute atomic E-state index is 0.0471. The zero-order chi connectivity index (χ0) is 11.5. The molecule has 1 nitrogen and oxygen atoms in total. The van der Waals surface area contributed by atoms with Crippen LogP contribution in [-0.4, -0.2) is 12.5 Å². The third-order valence-electron chi connectivity index (χ3n) is 2.23. The smallest absolute Gasteiger partial charge is 0.0848 e. The standard InChI is InChI=1S/C11H21I2OP/c1-3-4-5-6-7-8-9-11(2)14-10-15(12)13/h3,11H,1,4-10H2,2H3/t11-/m0/s1. The third kappa shape index (κ3) is 13.5. The topological polar surface area (TPSA) is 9.23 Å². The SMILES string of the molecule is C=CCCCCCC[C@H](C)OCP(I)I. The Morgan fingerprint density at radius 2 is 1.93 bits per heavy atom. The molecule has 0 aromatic carbocycles. The van der Waals surface area contributed by atoms with Crippen molar-refractivity contribution >= 4 is 47.3 Å². The summed E-state index contributed by atoms with van der Waals surface area (Å²) in [6, 6.07) is 0. The molecule has 0 spiro atoms. The predicted octanol–water partition coefficient (Wildman–Crippen LogP) is 6.06. The molecule has 0 N–H and O–H groups in total. The van der Waals surface area contributed by atoms with E-state index in [0.717, 1.165) is 6.35 Å². The van der Waals surface area contributed by atoms with Crippen LogP contribution in [0.15, 0.2) is 12.7 Å². The molecule has 0 radical (unpaired) electrons. The summed E-state index contributed by atoms with van der Waals surface area (Å²) in [5.74, 6) is 0. The van der Waals surface area contributed by atoms with Crippen LogP contribution in [-0.2, 0) is 4.74 Å². The normalized spacial score (nSPS) is 13.1. The van der Waals surface area contributed by atoms with Crippen molar-refractivity contribution in [3.63, 3.8) is 0 Å². The molecule has 0 rings (SSSR count). The van der Waals surface area contributed by atoms with E-state index >= 15 is 0 Å². The average Bonchev–Trinajstić information content (AvgIpc) is 2.20. The maximum atomic E-state index is 5.73. The van der Waals surface area contributed by atoms with E-state index in [9.17, 15) is 0 Å². The van der Waals surface area contributed by atoms with E-state index in [2.05, 4.69) is 57.6 Å². The fraction of sp³-hybridized carbons (Fsp3) is 0.818. The van der Waals surface area contributed by atoms with Crippen LogP contribution in [0.2, 0.25) is 0 Å². The first kappa shape index (κ1) is 16.6. The number of hydrogen-bond donors (Lipinski definition) is 0. The molecule has 0 saturated carbocycles. The van der Waals surface area contributed by atoms with Crippen molar-refractivity contribution in [1.29, 1.82) is 0 Å². The lowest BCUT2D eigenvalue weighted by molar-refractivity contribution is 0.0950. The van der Waals surface area contributed by atoms with Crippen molar-refractivity contribution in [2.75, 3.05) is 6.35 Å². The summed E-state index contributed by atoms with van der Waals surface area (Å²) < 4.78 is 5.78. The van der Waals surface area contributed by atoms with Gasteiger partial charge < -0.3 is 4.74 Å². The van der Waals surface area contributed by atoms with E-state index in [-0.39, 0.29) is 3.21 Å². The number of rotatable bonds is 10. The summed E-state index contributed by atoms with van der Waals surface area (Å²) in [6.07, 6.45) is 11.0. The fourth-order valence-electron chi connectivity index (χ4n) is 1.34. The highest BCUT2D eigenvalue weighted by molar-refractivity contribution is 14.3. The van der Waals surface area contributed by atoms with Crippen LogP contribution >= 0.6 is 47.3 Å². The first-order valence-corrected chi connectivity index (χ1v) is 12.6. The van der Waals surface area contributed by atoms with Crippen LogP contribution in [0.1, 0.15) is 45.4 Å². The molecule has 0 amide bonds. The van der Waals surface area contributed by atoms with E-state index in [1.54, 1.807) is 0 Å². The van der Waals surface area contributed by atoms with Crippen LogP contribution in [0.5, 0.6) is 0 Å². The first-order chi connectivity index (χ1) is 7.16. The van der Waals surface area contributed by atoms with Gasteiger partial charge >= 0.3 is 0 Å². The van der Waals surface area contributed by atoms with Crippen molar-refractivity contribution < 1.29 is 4.74 Å². The summed E-state index contributed by atoms with van der Waals surface area (Å²) in [7, 11) is 0. The molecule has 0 saturated heterocycles. The maximum Gasteiger partial charge on any atom is 0.0848 e. The second-order valence-corrected chi connectivity index (χ2v) is 17.1. The lowest BCUT2D eigenvalue weighted by Crippen LogP contribution is -2.06. The van der Waals surface area contributed by atoms with E-state index in [0.29, 0.717) is 6.10 Å². The van der Waals surface area contributed by atoms with Crippen molar-refractivity contribution in [1.82, 2.24) is 0 Å². The molecule has 0 fully saturated rings. The average molecular weight is 454 g/mol. The Balaban J connectivity index is 3.16. The van der Waals surface area contributed by atoms with Crippen LogP contribution in [0.3, 0.4) is 0 Å². The Bertz CT molecular complexity index is 154. The fourth-order valence-corrected chi connectivity index (χ4v) is 2.67. The molecule has 0 bridgehead atoms. The highest BCUT2D eigenvalue weighted by Crippen LogP contribution is 2.53. The summed E-state index contributed by atoms with van der Waals surface area (Å²) >= 11 is 4.91. The Morgan fingerprint density at radius 3 is 2.53 bits per heavy atom. The minimum atomic E-state index is 0.0471. The van der Waals surface area contributed by atoms with E-state index < -0.39 is 0 Å². The van der Waals surface area contributed by atoms with Crippen LogP contribution in [0, 0.1) is 0 Å². The van der Waals surface area contributed by atoms with Gasteiger partial charge in [0.05, 0.1) is 15.7 Å². The summed E-state index contributed by atoms with van der Waals surface area (Å²) in [5, 5.41) is 0. The van der Waals surface area contributed by atoms with Gasteiger partial charge in [0.2, 0.25) is 0 Å². The van der Waals surface area contributed by atoms with Gasteiger partial charge in [0.1, 0.15) is 0 Å². The van der Waals surface area contributed by atoms with Crippen molar-refractivity contribution in [3.8, 4) is 0 Å². The van der Waals surface area contributed by atoms with Gasteiger partial charge in [0.25, 0.3) is 0 Å². The lowest BCUT2D eigenvalue weighted by atomic mass is 10.1. The number of ether oxygens (including phenoxy) is 1. The van der Waals surface area contributed by atoms with Crippen LogP contribution < -0.4 is 0 Å². The molecule has 0 aliphatic rings. The van der Waals surface area contributed by atoms with Crippen molar-refractivity contribution in [2.45, 2.75) is 51.6 Å². The van der Waals surface area contributed by atoms with Crippen LogP contribution in [0.25, 0.3) is 0 Å². The monoisotopic (exact) mass is 454 g/mol. The Labute approximate surface area is 122 Å². The third-order valence-corrected chi connectivity index (χ3v) is 4.24. The quantitative estimate of drug-likeness (QED) is 0.169. The highest BCUT2D eigenvalue weighted by atomic mass is 127. The Hall–Kier alpha value is 1.59. The van der Waals surface area contributed by atoms with E-state index in [1.165, 1.54) is 38.5 Å². The lowest BCUT2D eigenvalue weighted by Gasteiger charge is -2.13. The molecule has 15 heavy (non-hydrogen) atoms. The number of halogens is 2. The molecular formula is C11H21I2OP. The second-order valence-electron chi connectivity index (χ2n) is 3.69. The van der Waals surface area contributed by atoms with Crippen molar-refractivity contribution in [3.05, 3.63) is 12.7 Å². The molecule has 0 aromatic rings. The van der Waals surface area contributed by atoms with Gasteiger partial charge in [-0.25, -0.2) is 0 Å². The largest absolute Gasteiger partial charge is 0.372 e. The summed E-state index contributed by atoms with van der Waals surface area (Å²) in [5.41, 5.74) is 0. The van der Waals surface area contributed by atoms with Gasteiger partial charge in [0.15, 0.2) is 0 Å². The molecule has 0 aliphatic carbocycles. The summed E-state index contributed by atoms with van der Waals surface area (Å²) in [6.45, 7) is 5.92. The molecule has 0 aliphatic heterocycles. The Morgan fingerprint density at radius 1 is 1.27 bits per heavy atom. The summed E-state index contributed by atoms with van der Waals surface area (Å²) in [4.78, 5) is 0. The van der Waals surface area contributed by atoms with Gasteiger partial charge in [0, 0.05) is 0 Å². The zero-order valence-electron chi connectivity index (χ0n) is 9.42. The molecule has 90 valence electrons. The van der Waals surface area contributed by atoms with Gasteiger partial charge in [-0.15, -0.1) is 6.58 Å². The van der Waals surface area contributed by atoms with Crippen molar-refractivity contribution in [2.24, 2.45) is 0 Å².